The number of amides is 1. The monoisotopic (exact) mass is 475 g/mol. The van der Waals surface area contributed by atoms with Gasteiger partial charge in [-0.05, 0) is 18.9 Å². The molecule has 4 heterocycles. The van der Waals surface area contributed by atoms with Crippen LogP contribution in [0.1, 0.15) is 35.7 Å². The molecule has 2 fully saturated rings. The van der Waals surface area contributed by atoms with E-state index in [2.05, 4.69) is 26.0 Å². The number of aromatic nitrogens is 4. The number of nitrogens with zero attached hydrogens (tertiary/aromatic N) is 4. The second-order valence-electron chi connectivity index (χ2n) is 8.18. The van der Waals surface area contributed by atoms with E-state index >= 15 is 0 Å². The summed E-state index contributed by atoms with van der Waals surface area (Å²) in [6.45, 7) is 1.13. The molecule has 0 spiro atoms. The maximum Gasteiger partial charge on any atom is 0.274 e. The second kappa shape index (κ2) is 8.64. The lowest BCUT2D eigenvalue weighted by molar-refractivity contribution is 0.0581. The summed E-state index contributed by atoms with van der Waals surface area (Å²) in [6.07, 6.45) is 3.97. The molecule has 5 rings (SSSR count). The van der Waals surface area contributed by atoms with Crippen molar-refractivity contribution in [3.05, 3.63) is 45.5 Å². The van der Waals surface area contributed by atoms with Crippen molar-refractivity contribution in [3.63, 3.8) is 0 Å². The Labute approximate surface area is 193 Å². The molecule has 0 unspecified atom stereocenters. The summed E-state index contributed by atoms with van der Waals surface area (Å²) in [4.78, 5) is 30.3. The Morgan fingerprint density at radius 3 is 2.88 bits per heavy atom. The molecule has 33 heavy (non-hydrogen) atoms. The summed E-state index contributed by atoms with van der Waals surface area (Å²) in [5, 5.41) is 13.3. The Kier molecular flexibility index (Phi) is 5.67. The van der Waals surface area contributed by atoms with Crippen LogP contribution in [0.15, 0.2) is 29.3 Å². The molecule has 0 aromatic carbocycles. The standard InChI is InChI=1S/C21H23ClFN7O3/c1-24-18-7-17(28-19-13(8-25-30(18)19)20(31)27-15-6-14(15)23)26-16-5-11(22)9-29(21(16)32)12-3-2-4-33-10-12/h5,7-9,12,14-15,24H,2-4,6,10H2,1H3,(H,26,28)(H,27,31)/t12-,14+,15-/m1/s1. The average Bonchev–Trinajstić information content (AvgIpc) is 3.33. The topological polar surface area (TPSA) is 115 Å². The lowest BCUT2D eigenvalue weighted by atomic mass is 10.1. The van der Waals surface area contributed by atoms with Gasteiger partial charge in [-0.3, -0.25) is 9.59 Å². The number of alkyl halides is 1. The third-order valence-electron chi connectivity index (χ3n) is 5.80. The largest absolute Gasteiger partial charge is 0.379 e. The molecule has 1 amide bonds. The van der Waals surface area contributed by atoms with Crippen LogP contribution in [0, 0.1) is 0 Å². The highest BCUT2D eigenvalue weighted by molar-refractivity contribution is 6.30. The van der Waals surface area contributed by atoms with Crippen LogP contribution in [0.25, 0.3) is 5.65 Å². The fourth-order valence-electron chi connectivity index (χ4n) is 3.93. The van der Waals surface area contributed by atoms with E-state index in [1.807, 2.05) is 0 Å². The molecule has 0 bridgehead atoms. The number of anilines is 3. The van der Waals surface area contributed by atoms with Crippen LogP contribution in [-0.4, -0.2) is 57.5 Å². The van der Waals surface area contributed by atoms with Gasteiger partial charge in [0.05, 0.1) is 29.9 Å². The fraction of sp³-hybridized carbons (Fsp3) is 0.429. The number of halogens is 2. The molecule has 0 radical (unpaired) electrons. The lowest BCUT2D eigenvalue weighted by Crippen LogP contribution is -2.31. The van der Waals surface area contributed by atoms with Gasteiger partial charge in [0.1, 0.15) is 29.1 Å². The Hall–Kier alpha value is -3.18. The minimum absolute atomic E-state index is 0.0966. The predicted octanol–water partition coefficient (Wildman–Crippen LogP) is 2.52. The highest BCUT2D eigenvalue weighted by Gasteiger charge is 2.39. The number of nitrogens with one attached hydrogen (secondary N) is 3. The van der Waals surface area contributed by atoms with Crippen LogP contribution in [-0.2, 0) is 4.74 Å². The van der Waals surface area contributed by atoms with E-state index in [0.717, 1.165) is 12.8 Å². The first-order valence-electron chi connectivity index (χ1n) is 10.7. The van der Waals surface area contributed by atoms with E-state index in [1.165, 1.54) is 16.8 Å². The molecular formula is C21H23ClFN7O3. The molecule has 3 N–H and O–H groups in total. The van der Waals surface area contributed by atoms with Gasteiger partial charge < -0.3 is 25.3 Å². The Balaban J connectivity index is 1.50. The van der Waals surface area contributed by atoms with Gasteiger partial charge >= 0.3 is 0 Å². The summed E-state index contributed by atoms with van der Waals surface area (Å²) >= 11 is 6.31. The first kappa shape index (κ1) is 21.7. The fourth-order valence-corrected chi connectivity index (χ4v) is 4.15. The number of pyridine rings is 1. The van der Waals surface area contributed by atoms with Crippen LogP contribution in [0.3, 0.4) is 0 Å². The van der Waals surface area contributed by atoms with Gasteiger partial charge in [0, 0.05) is 32.3 Å². The number of hydrogen-bond acceptors (Lipinski definition) is 7. The van der Waals surface area contributed by atoms with Crippen LogP contribution in [0.5, 0.6) is 0 Å². The van der Waals surface area contributed by atoms with E-state index in [4.69, 9.17) is 16.3 Å². The van der Waals surface area contributed by atoms with Crippen molar-refractivity contribution in [1.29, 1.82) is 0 Å². The van der Waals surface area contributed by atoms with Gasteiger partial charge in [-0.1, -0.05) is 11.6 Å². The Morgan fingerprint density at radius 2 is 2.18 bits per heavy atom. The van der Waals surface area contributed by atoms with Crippen molar-refractivity contribution in [2.24, 2.45) is 0 Å². The number of carbonyl (C=O) groups excluding carboxylic acids is 1. The molecule has 12 heteroatoms. The highest BCUT2D eigenvalue weighted by atomic mass is 35.5. The predicted molar refractivity (Wildman–Crippen MR) is 121 cm³/mol. The van der Waals surface area contributed by atoms with E-state index in [0.29, 0.717) is 36.3 Å². The first-order valence-corrected chi connectivity index (χ1v) is 11.1. The van der Waals surface area contributed by atoms with Crippen LogP contribution < -0.4 is 21.5 Å². The van der Waals surface area contributed by atoms with Gasteiger partial charge in [0.15, 0.2) is 5.65 Å². The van der Waals surface area contributed by atoms with Gasteiger partial charge in [-0.25, -0.2) is 9.37 Å². The molecule has 10 nitrogen and oxygen atoms in total. The maximum atomic E-state index is 13.2. The molecule has 1 saturated heterocycles. The minimum atomic E-state index is -1.02. The van der Waals surface area contributed by atoms with E-state index in [9.17, 15) is 14.0 Å². The number of ether oxygens (including phenoxy) is 1. The lowest BCUT2D eigenvalue weighted by Gasteiger charge is -2.25. The summed E-state index contributed by atoms with van der Waals surface area (Å²) in [6, 6.07) is 2.62. The molecule has 1 aliphatic carbocycles. The summed E-state index contributed by atoms with van der Waals surface area (Å²) < 4.78 is 21.8. The SMILES string of the molecule is CNc1cc(Nc2cc(Cl)cn([C@@H]3CCCOC3)c2=O)nc2c(C(=O)N[C@@H]3C[C@@H]3F)cnn12. The molecule has 2 aliphatic rings. The van der Waals surface area contributed by atoms with Gasteiger partial charge in [0.2, 0.25) is 0 Å². The summed E-state index contributed by atoms with van der Waals surface area (Å²) in [5.74, 6) is 0.408. The van der Waals surface area contributed by atoms with Gasteiger partial charge in [-0.2, -0.15) is 9.61 Å². The van der Waals surface area contributed by atoms with E-state index in [1.54, 1.807) is 23.9 Å². The number of rotatable bonds is 6. The smallest absolute Gasteiger partial charge is 0.274 e. The third kappa shape index (κ3) is 4.25. The molecular weight excluding hydrogens is 453 g/mol. The van der Waals surface area contributed by atoms with Crippen molar-refractivity contribution in [3.8, 4) is 0 Å². The number of carbonyl (C=O) groups is 1. The van der Waals surface area contributed by atoms with Gasteiger partial charge in [0.25, 0.3) is 11.5 Å². The number of fused-ring (bicyclic) bond motifs is 1. The molecule has 1 aliphatic heterocycles. The zero-order chi connectivity index (χ0) is 23.1. The number of hydrogen-bond donors (Lipinski definition) is 3. The maximum absolute atomic E-state index is 13.2. The average molecular weight is 476 g/mol. The third-order valence-corrected chi connectivity index (χ3v) is 6.01. The van der Waals surface area contributed by atoms with Crippen molar-refractivity contribution < 1.29 is 13.9 Å². The minimum Gasteiger partial charge on any atom is -0.379 e. The van der Waals surface area contributed by atoms with Crippen LogP contribution in [0.4, 0.5) is 21.7 Å². The first-order chi connectivity index (χ1) is 15.9. The molecule has 3 aromatic rings. The molecule has 174 valence electrons. The van der Waals surface area contributed by atoms with Crippen LogP contribution >= 0.6 is 11.6 Å². The van der Waals surface area contributed by atoms with Gasteiger partial charge in [-0.15, -0.1) is 0 Å². The van der Waals surface area contributed by atoms with E-state index < -0.39 is 18.1 Å². The normalized spacial score (nSPS) is 22.2. The van der Waals surface area contributed by atoms with Crippen molar-refractivity contribution in [2.75, 3.05) is 30.9 Å². The summed E-state index contributed by atoms with van der Waals surface area (Å²) in [5.41, 5.74) is 0.463. The van der Waals surface area contributed by atoms with Crippen molar-refractivity contribution in [2.45, 2.75) is 37.5 Å². The Morgan fingerprint density at radius 1 is 1.36 bits per heavy atom. The molecule has 3 atom stereocenters. The molecule has 3 aromatic heterocycles. The zero-order valence-electron chi connectivity index (χ0n) is 17.8. The van der Waals surface area contributed by atoms with Crippen molar-refractivity contribution >= 4 is 40.5 Å². The zero-order valence-corrected chi connectivity index (χ0v) is 18.6. The second-order valence-corrected chi connectivity index (χ2v) is 8.62. The quantitative estimate of drug-likeness (QED) is 0.502. The highest BCUT2D eigenvalue weighted by Crippen LogP contribution is 2.27. The summed E-state index contributed by atoms with van der Waals surface area (Å²) in [7, 11) is 1.70. The van der Waals surface area contributed by atoms with E-state index in [-0.39, 0.29) is 28.5 Å². The molecule has 1 saturated carbocycles. The van der Waals surface area contributed by atoms with Crippen LogP contribution in [0.2, 0.25) is 5.02 Å². The Bertz CT molecular complexity index is 1270. The van der Waals surface area contributed by atoms with Crippen molar-refractivity contribution in [1.82, 2.24) is 24.5 Å².